The lowest BCUT2D eigenvalue weighted by Crippen LogP contribution is -2.45. The maximum absolute atomic E-state index is 13.0. The molecule has 0 saturated carbocycles. The summed E-state index contributed by atoms with van der Waals surface area (Å²) < 4.78 is 23.7. The molecule has 0 heterocycles. The SMILES string of the molecule is CC/C=C\C/C=C\C/C=C\C/C=C\C/C=C\C/C=C\C/C=C\CCCCCCCC(=O)NC(COP(=O)(O)OCC[N+](C)(C)C)C(O)/C=C/CC/C=C/CC/C=C/CCCCCCCCCCCCCCCCC. The summed E-state index contributed by atoms with van der Waals surface area (Å²) >= 11 is 0. The summed E-state index contributed by atoms with van der Waals surface area (Å²) in [5, 5.41) is 13.9. The third kappa shape index (κ3) is 56.6. The normalized spacial score (nSPS) is 14.7. The van der Waals surface area contributed by atoms with Crippen LogP contribution in [0.3, 0.4) is 0 Å². The first kappa shape index (κ1) is 70.9. The van der Waals surface area contributed by atoms with Crippen molar-refractivity contribution >= 4 is 13.7 Å². The molecule has 0 radical (unpaired) electrons. The topological polar surface area (TPSA) is 105 Å². The Labute approximate surface area is 456 Å². The number of aliphatic hydroxyl groups excluding tert-OH is 1. The number of likely N-dealkylation sites (N-methyl/N-ethyl adjacent to an activating group) is 1. The molecule has 0 aromatic heterocycles. The molecule has 3 atom stereocenters. The largest absolute Gasteiger partial charge is 0.472 e. The maximum Gasteiger partial charge on any atom is 0.472 e. The quantitative estimate of drug-likeness (QED) is 0.0243. The molecule has 0 aromatic carbocycles. The molecule has 0 aliphatic carbocycles. The summed E-state index contributed by atoms with van der Waals surface area (Å²) in [5.41, 5.74) is 0. The van der Waals surface area contributed by atoms with Gasteiger partial charge >= 0.3 is 7.82 Å². The number of carbonyl (C=O) groups excluding carboxylic acids is 1. The molecule has 3 unspecified atom stereocenters. The van der Waals surface area contributed by atoms with Gasteiger partial charge in [0.15, 0.2) is 0 Å². The van der Waals surface area contributed by atoms with Gasteiger partial charge in [-0.3, -0.25) is 13.8 Å². The van der Waals surface area contributed by atoms with E-state index in [2.05, 4.69) is 129 Å². The van der Waals surface area contributed by atoms with Gasteiger partial charge in [0.25, 0.3) is 0 Å². The Kier molecular flexibility index (Phi) is 52.4. The highest BCUT2D eigenvalue weighted by Gasteiger charge is 2.27. The zero-order chi connectivity index (χ0) is 54.2. The van der Waals surface area contributed by atoms with Gasteiger partial charge in [-0.1, -0.05) is 245 Å². The number of hydrogen-bond acceptors (Lipinski definition) is 5. The molecule has 0 aromatic rings. The maximum atomic E-state index is 13.0. The Morgan fingerprint density at radius 1 is 0.473 bits per heavy atom. The molecule has 0 fully saturated rings. The first-order valence-electron chi connectivity index (χ1n) is 29.9. The number of carbonyl (C=O) groups is 1. The summed E-state index contributed by atoms with van der Waals surface area (Å²) in [5.74, 6) is -0.214. The van der Waals surface area contributed by atoms with Gasteiger partial charge in [-0.05, 0) is 103 Å². The number of phosphoric acid groups is 1. The Morgan fingerprint density at radius 2 is 0.824 bits per heavy atom. The van der Waals surface area contributed by atoms with Crippen LogP contribution in [0.25, 0.3) is 0 Å². The van der Waals surface area contributed by atoms with E-state index in [4.69, 9.17) is 9.05 Å². The molecular formula is C65H114N2O6P+. The fourth-order valence-electron chi connectivity index (χ4n) is 7.99. The van der Waals surface area contributed by atoms with Crippen molar-refractivity contribution in [1.29, 1.82) is 0 Å². The summed E-state index contributed by atoms with van der Waals surface area (Å²) in [6.07, 6.45) is 81.7. The standard InChI is InChI=1S/C65H113N2O6P/c1-6-8-10-12-14-16-18-20-22-24-26-28-30-32-33-35-37-39-41-43-45-47-49-51-53-55-57-59-65(69)66-63(62-73-74(70,71)72-61-60-67(3,4)5)64(68)58-56-54-52-50-48-46-44-42-40-38-36-34-31-29-27-25-23-21-19-17-15-13-11-9-7-2/h8,10,14,16,20,22,26,28,32-33,37,39-40,42-43,45,48,50,56,58,63-64,68H,6-7,9,11-13,15,17-19,21,23-25,27,29-31,34-36,38,41,44,46-47,49,51-55,57,59-62H2,1-5H3,(H-,66,69,70,71)/p+1/b10-8-,16-14-,22-20-,28-26-,33-32-,39-37-,42-40+,45-43-,50-48+,58-56+. The van der Waals surface area contributed by atoms with Gasteiger partial charge < -0.3 is 19.8 Å². The minimum Gasteiger partial charge on any atom is -0.387 e. The smallest absolute Gasteiger partial charge is 0.387 e. The van der Waals surface area contributed by atoms with Crippen molar-refractivity contribution in [3.8, 4) is 0 Å². The molecule has 9 heteroatoms. The minimum atomic E-state index is -4.38. The van der Waals surface area contributed by atoms with Crippen LogP contribution in [-0.4, -0.2) is 73.4 Å². The van der Waals surface area contributed by atoms with Crippen LogP contribution in [0.2, 0.25) is 0 Å². The fraction of sp³-hybridized carbons (Fsp3) is 0.677. The van der Waals surface area contributed by atoms with E-state index in [1.165, 1.54) is 103 Å². The molecule has 0 aliphatic rings. The van der Waals surface area contributed by atoms with Crippen LogP contribution >= 0.6 is 7.82 Å². The number of quaternary nitrogens is 1. The molecule has 74 heavy (non-hydrogen) atoms. The lowest BCUT2D eigenvalue weighted by molar-refractivity contribution is -0.870. The molecule has 424 valence electrons. The predicted octanol–water partition coefficient (Wildman–Crippen LogP) is 18.5. The minimum absolute atomic E-state index is 0.0424. The van der Waals surface area contributed by atoms with Gasteiger partial charge in [0.05, 0.1) is 39.9 Å². The average molecular weight is 1050 g/mol. The summed E-state index contributed by atoms with van der Waals surface area (Å²) in [6.45, 7) is 4.65. The van der Waals surface area contributed by atoms with Crippen LogP contribution in [-0.2, 0) is 18.4 Å². The van der Waals surface area contributed by atoms with Crippen LogP contribution in [0.5, 0.6) is 0 Å². The number of phosphoric ester groups is 1. The van der Waals surface area contributed by atoms with E-state index in [1.807, 2.05) is 27.2 Å². The predicted molar refractivity (Wildman–Crippen MR) is 322 cm³/mol. The van der Waals surface area contributed by atoms with E-state index in [-0.39, 0.29) is 19.1 Å². The number of nitrogens with zero attached hydrogens (tertiary/aromatic N) is 1. The number of hydrogen-bond donors (Lipinski definition) is 3. The first-order valence-corrected chi connectivity index (χ1v) is 31.4. The van der Waals surface area contributed by atoms with Crippen LogP contribution in [0, 0.1) is 0 Å². The van der Waals surface area contributed by atoms with Gasteiger partial charge in [0.1, 0.15) is 13.2 Å². The van der Waals surface area contributed by atoms with Gasteiger partial charge in [-0.25, -0.2) is 4.57 Å². The van der Waals surface area contributed by atoms with E-state index >= 15 is 0 Å². The number of rotatable bonds is 53. The number of nitrogens with one attached hydrogen (secondary N) is 1. The molecule has 3 N–H and O–H groups in total. The van der Waals surface area contributed by atoms with E-state index in [1.54, 1.807) is 6.08 Å². The molecule has 0 rings (SSSR count). The second-order valence-corrected chi connectivity index (χ2v) is 22.4. The van der Waals surface area contributed by atoms with E-state index < -0.39 is 20.0 Å². The monoisotopic (exact) mass is 1050 g/mol. The van der Waals surface area contributed by atoms with Crippen molar-refractivity contribution in [3.63, 3.8) is 0 Å². The van der Waals surface area contributed by atoms with Crippen molar-refractivity contribution < 1.29 is 32.9 Å². The third-order valence-electron chi connectivity index (χ3n) is 12.6. The molecular weight excluding hydrogens is 936 g/mol. The van der Waals surface area contributed by atoms with Gasteiger partial charge in [0, 0.05) is 6.42 Å². The van der Waals surface area contributed by atoms with Crippen molar-refractivity contribution in [3.05, 3.63) is 122 Å². The second-order valence-electron chi connectivity index (χ2n) is 21.0. The van der Waals surface area contributed by atoms with Gasteiger partial charge in [0.2, 0.25) is 5.91 Å². The summed E-state index contributed by atoms with van der Waals surface area (Å²) in [4.78, 5) is 23.3. The van der Waals surface area contributed by atoms with Crippen molar-refractivity contribution in [2.45, 2.75) is 244 Å². The zero-order valence-corrected chi connectivity index (χ0v) is 49.2. The molecule has 0 aliphatic heterocycles. The van der Waals surface area contributed by atoms with Crippen LogP contribution < -0.4 is 5.32 Å². The highest BCUT2D eigenvalue weighted by Crippen LogP contribution is 2.43. The molecule has 0 bridgehead atoms. The number of unbranched alkanes of at least 4 members (excludes halogenated alkanes) is 22. The lowest BCUT2D eigenvalue weighted by Gasteiger charge is -2.25. The highest BCUT2D eigenvalue weighted by molar-refractivity contribution is 7.47. The van der Waals surface area contributed by atoms with Crippen molar-refractivity contribution in [2.24, 2.45) is 0 Å². The Hall–Kier alpha value is -3.10. The second kappa shape index (κ2) is 54.7. The third-order valence-corrected chi connectivity index (χ3v) is 13.6. The number of allylic oxidation sites excluding steroid dienone is 19. The molecule has 0 saturated heterocycles. The van der Waals surface area contributed by atoms with E-state index in [0.717, 1.165) is 109 Å². The lowest BCUT2D eigenvalue weighted by atomic mass is 10.0. The molecule has 0 spiro atoms. The van der Waals surface area contributed by atoms with Crippen LogP contribution in [0.15, 0.2) is 122 Å². The van der Waals surface area contributed by atoms with Crippen molar-refractivity contribution in [1.82, 2.24) is 5.32 Å². The summed E-state index contributed by atoms with van der Waals surface area (Å²) in [6, 6.07) is -0.891. The van der Waals surface area contributed by atoms with Crippen molar-refractivity contribution in [2.75, 3.05) is 40.9 Å². The Balaban J connectivity index is 4.36. The van der Waals surface area contributed by atoms with E-state index in [9.17, 15) is 19.4 Å². The summed E-state index contributed by atoms with van der Waals surface area (Å²) in [7, 11) is 1.51. The van der Waals surface area contributed by atoms with Gasteiger partial charge in [-0.2, -0.15) is 0 Å². The van der Waals surface area contributed by atoms with Crippen LogP contribution in [0.1, 0.15) is 232 Å². The molecule has 1 amide bonds. The zero-order valence-electron chi connectivity index (χ0n) is 48.3. The Bertz CT molecular complexity index is 1620. The average Bonchev–Trinajstić information content (AvgIpc) is 3.36. The molecule has 8 nitrogen and oxygen atoms in total. The Morgan fingerprint density at radius 3 is 1.24 bits per heavy atom. The van der Waals surface area contributed by atoms with Gasteiger partial charge in [-0.15, -0.1) is 0 Å². The fourth-order valence-corrected chi connectivity index (χ4v) is 8.73. The highest BCUT2D eigenvalue weighted by atomic mass is 31.2. The van der Waals surface area contributed by atoms with Crippen LogP contribution in [0.4, 0.5) is 0 Å². The van der Waals surface area contributed by atoms with E-state index in [0.29, 0.717) is 17.4 Å². The number of amides is 1. The number of aliphatic hydroxyl groups is 1. The first-order chi connectivity index (χ1) is 36.0.